The highest BCUT2D eigenvalue weighted by Crippen LogP contribution is 2.18. The van der Waals surface area contributed by atoms with E-state index in [0.717, 1.165) is 5.56 Å². The van der Waals surface area contributed by atoms with E-state index >= 15 is 0 Å². The molecule has 0 fully saturated rings. The minimum Gasteiger partial charge on any atom is -0.394 e. The highest BCUT2D eigenvalue weighted by atomic mass is 19.1. The zero-order chi connectivity index (χ0) is 16.3. The van der Waals surface area contributed by atoms with Crippen LogP contribution in [0.3, 0.4) is 0 Å². The largest absolute Gasteiger partial charge is 0.394 e. The third kappa shape index (κ3) is 3.82. The molecule has 3 N–H and O–H groups in total. The molecule has 1 aromatic carbocycles. The van der Waals surface area contributed by atoms with Crippen molar-refractivity contribution < 1.29 is 14.3 Å². The summed E-state index contributed by atoms with van der Waals surface area (Å²) in [6, 6.07) is 3.83. The number of carbonyl (C=O) groups excluding carboxylic acids is 1. The number of benzene rings is 1. The number of urea groups is 1. The third-order valence-electron chi connectivity index (χ3n) is 3.01. The number of halogens is 1. The summed E-state index contributed by atoms with van der Waals surface area (Å²) in [7, 11) is 0. The van der Waals surface area contributed by atoms with Crippen LogP contribution in [0.15, 0.2) is 30.6 Å². The van der Waals surface area contributed by atoms with Gasteiger partial charge in [0.25, 0.3) is 0 Å². The summed E-state index contributed by atoms with van der Waals surface area (Å²) in [5.74, 6) is -0.498. The molecule has 0 aliphatic heterocycles. The van der Waals surface area contributed by atoms with Gasteiger partial charge in [-0.3, -0.25) is 0 Å². The van der Waals surface area contributed by atoms with Crippen LogP contribution >= 0.6 is 0 Å². The van der Waals surface area contributed by atoms with Gasteiger partial charge in [0, 0.05) is 11.9 Å². The first-order chi connectivity index (χ1) is 10.3. The highest BCUT2D eigenvalue weighted by molar-refractivity contribution is 5.89. The fourth-order valence-electron chi connectivity index (χ4n) is 1.82. The second-order valence-electron chi connectivity index (χ2n) is 5.75. The minimum absolute atomic E-state index is 0.202. The molecule has 0 saturated carbocycles. The maximum Gasteiger partial charge on any atom is 0.319 e. The Labute approximate surface area is 128 Å². The van der Waals surface area contributed by atoms with Gasteiger partial charge >= 0.3 is 6.03 Å². The Kier molecular flexibility index (Phi) is 4.46. The Balaban J connectivity index is 2.11. The molecule has 22 heavy (non-hydrogen) atoms. The van der Waals surface area contributed by atoms with Crippen molar-refractivity contribution in [2.45, 2.75) is 26.3 Å². The number of nitrogens with zero attached hydrogens (tertiary/aromatic N) is 2. The fourth-order valence-corrected chi connectivity index (χ4v) is 1.82. The van der Waals surface area contributed by atoms with Crippen molar-refractivity contribution >= 4 is 11.7 Å². The summed E-state index contributed by atoms with van der Waals surface area (Å²) >= 11 is 0. The number of aryl methyl sites for hydroxylation is 1. The SMILES string of the molecule is Cc1cnn(-c2ccc(NC(=O)NC(C)(C)CO)cc2F)c1. The van der Waals surface area contributed by atoms with Crippen molar-refractivity contribution in [1.29, 1.82) is 0 Å². The molecule has 2 rings (SSSR count). The normalized spacial score (nSPS) is 11.3. The van der Waals surface area contributed by atoms with Crippen LogP contribution < -0.4 is 10.6 Å². The quantitative estimate of drug-likeness (QED) is 0.810. The molecule has 7 heteroatoms. The number of hydrogen-bond acceptors (Lipinski definition) is 3. The van der Waals surface area contributed by atoms with Crippen molar-refractivity contribution in [3.63, 3.8) is 0 Å². The first-order valence-corrected chi connectivity index (χ1v) is 6.82. The molecule has 1 aromatic heterocycles. The fraction of sp³-hybridized carbons (Fsp3) is 0.333. The predicted molar refractivity (Wildman–Crippen MR) is 81.6 cm³/mol. The van der Waals surface area contributed by atoms with Crippen LogP contribution in [0.4, 0.5) is 14.9 Å². The van der Waals surface area contributed by atoms with E-state index in [1.165, 1.54) is 16.8 Å². The Hall–Kier alpha value is -2.41. The summed E-state index contributed by atoms with van der Waals surface area (Å²) < 4.78 is 15.6. The molecule has 2 aromatic rings. The van der Waals surface area contributed by atoms with E-state index in [-0.39, 0.29) is 6.61 Å². The van der Waals surface area contributed by atoms with Crippen molar-refractivity contribution in [2.24, 2.45) is 0 Å². The van der Waals surface area contributed by atoms with Crippen LogP contribution in [0, 0.1) is 12.7 Å². The molecule has 0 aliphatic rings. The number of carbonyl (C=O) groups is 1. The van der Waals surface area contributed by atoms with Gasteiger partial charge in [0.1, 0.15) is 5.69 Å². The monoisotopic (exact) mass is 306 g/mol. The minimum atomic E-state index is -0.755. The van der Waals surface area contributed by atoms with Crippen molar-refractivity contribution in [3.8, 4) is 5.69 Å². The number of aliphatic hydroxyl groups is 1. The standard InChI is InChI=1S/C15H19FN4O2/c1-10-7-17-20(8-10)13-5-4-11(6-12(13)16)18-14(22)19-15(2,3)9-21/h4-8,21H,9H2,1-3H3,(H2,18,19,22). The summed E-state index contributed by atoms with van der Waals surface area (Å²) in [5.41, 5.74) is 0.785. The lowest BCUT2D eigenvalue weighted by molar-refractivity contribution is 0.187. The molecule has 118 valence electrons. The van der Waals surface area contributed by atoms with Crippen LogP contribution in [0.25, 0.3) is 5.69 Å². The lowest BCUT2D eigenvalue weighted by atomic mass is 10.1. The van der Waals surface area contributed by atoms with Gasteiger partial charge in [-0.05, 0) is 44.5 Å². The van der Waals surface area contributed by atoms with Crippen LogP contribution in [0.5, 0.6) is 0 Å². The summed E-state index contributed by atoms with van der Waals surface area (Å²) in [5, 5.41) is 18.3. The smallest absolute Gasteiger partial charge is 0.319 e. The average molecular weight is 306 g/mol. The predicted octanol–water partition coefficient (Wildman–Crippen LogP) is 2.21. The molecule has 0 bridgehead atoms. The van der Waals surface area contributed by atoms with E-state index in [2.05, 4.69) is 15.7 Å². The molecule has 1 heterocycles. The molecule has 6 nitrogen and oxygen atoms in total. The van der Waals surface area contributed by atoms with Gasteiger partial charge in [0.2, 0.25) is 0 Å². The van der Waals surface area contributed by atoms with Crippen molar-refractivity contribution in [1.82, 2.24) is 15.1 Å². The lowest BCUT2D eigenvalue weighted by Crippen LogP contribution is -2.48. The highest BCUT2D eigenvalue weighted by Gasteiger charge is 2.19. The maximum atomic E-state index is 14.1. The van der Waals surface area contributed by atoms with Gasteiger partial charge in [-0.25, -0.2) is 13.9 Å². The van der Waals surface area contributed by atoms with Crippen LogP contribution in [0.2, 0.25) is 0 Å². The Bertz CT molecular complexity index is 682. The number of aromatic nitrogens is 2. The Morgan fingerprint density at radius 3 is 2.73 bits per heavy atom. The van der Waals surface area contributed by atoms with E-state index in [4.69, 9.17) is 5.11 Å². The molecule has 0 unspecified atom stereocenters. The zero-order valence-electron chi connectivity index (χ0n) is 12.7. The van der Waals surface area contributed by atoms with Gasteiger partial charge in [-0.2, -0.15) is 5.10 Å². The summed E-state index contributed by atoms with van der Waals surface area (Å²) in [6.45, 7) is 5.02. The lowest BCUT2D eigenvalue weighted by Gasteiger charge is -2.23. The molecule has 0 atom stereocenters. The molecule has 0 aliphatic carbocycles. The van der Waals surface area contributed by atoms with Gasteiger partial charge in [-0.1, -0.05) is 0 Å². The molecular weight excluding hydrogens is 287 g/mol. The summed E-state index contributed by atoms with van der Waals surface area (Å²) in [6.07, 6.45) is 3.35. The summed E-state index contributed by atoms with van der Waals surface area (Å²) in [4.78, 5) is 11.8. The van der Waals surface area contributed by atoms with Crippen LogP contribution in [-0.2, 0) is 0 Å². The first kappa shape index (κ1) is 16.0. The molecular formula is C15H19FN4O2. The number of aliphatic hydroxyl groups excluding tert-OH is 1. The molecule has 0 radical (unpaired) electrons. The number of hydrogen-bond donors (Lipinski definition) is 3. The Morgan fingerprint density at radius 1 is 1.45 bits per heavy atom. The first-order valence-electron chi connectivity index (χ1n) is 6.82. The number of amides is 2. The molecule has 2 amide bonds. The van der Waals surface area contributed by atoms with Crippen LogP contribution in [0.1, 0.15) is 19.4 Å². The van der Waals surface area contributed by atoms with Crippen LogP contribution in [-0.4, -0.2) is 33.1 Å². The van der Waals surface area contributed by atoms with E-state index in [1.807, 2.05) is 6.92 Å². The average Bonchev–Trinajstić information content (AvgIpc) is 2.84. The van der Waals surface area contributed by atoms with Gasteiger partial charge in [0.15, 0.2) is 5.82 Å². The van der Waals surface area contributed by atoms with Gasteiger partial charge < -0.3 is 15.7 Å². The van der Waals surface area contributed by atoms with Crippen molar-refractivity contribution in [2.75, 3.05) is 11.9 Å². The number of anilines is 1. The third-order valence-corrected chi connectivity index (χ3v) is 3.01. The Morgan fingerprint density at radius 2 is 2.18 bits per heavy atom. The molecule has 0 spiro atoms. The van der Waals surface area contributed by atoms with Crippen molar-refractivity contribution in [3.05, 3.63) is 42.0 Å². The second-order valence-corrected chi connectivity index (χ2v) is 5.75. The van der Waals surface area contributed by atoms with E-state index < -0.39 is 17.4 Å². The van der Waals surface area contributed by atoms with E-state index in [9.17, 15) is 9.18 Å². The topological polar surface area (TPSA) is 79.2 Å². The molecule has 0 saturated heterocycles. The van der Waals surface area contributed by atoms with Gasteiger partial charge in [-0.15, -0.1) is 0 Å². The van der Waals surface area contributed by atoms with E-state index in [1.54, 1.807) is 32.3 Å². The van der Waals surface area contributed by atoms with Gasteiger partial charge in [0.05, 0.1) is 18.3 Å². The maximum absolute atomic E-state index is 14.1. The number of nitrogens with one attached hydrogen (secondary N) is 2. The zero-order valence-corrected chi connectivity index (χ0v) is 12.7. The second kappa shape index (κ2) is 6.15. The number of rotatable bonds is 4. The van der Waals surface area contributed by atoms with E-state index in [0.29, 0.717) is 11.4 Å².